The molecule has 30 heavy (non-hydrogen) atoms. The van der Waals surface area contributed by atoms with Crippen molar-refractivity contribution in [2.45, 2.75) is 31.3 Å². The van der Waals surface area contributed by atoms with E-state index in [4.69, 9.17) is 0 Å². The number of carbonyl (C=O) groups excluding carboxylic acids is 1. The second kappa shape index (κ2) is 9.59. The Hall–Kier alpha value is -3.11. The van der Waals surface area contributed by atoms with Gasteiger partial charge in [0.25, 0.3) is 0 Å². The molecule has 0 atom stereocenters. The molecule has 1 amide bonds. The standard InChI is InChI=1S/C20H22FN5O3S/c1-16(27)26(13-17-3-5-18(21)6-4-17)19-7-9-20(10-8-19)30(28,29)24-11-2-12-25-15-22-14-23-25/h3-10,14-15,24H,2,11-13H2,1H3. The highest BCUT2D eigenvalue weighted by Gasteiger charge is 2.16. The lowest BCUT2D eigenvalue weighted by atomic mass is 10.2. The lowest BCUT2D eigenvalue weighted by molar-refractivity contribution is -0.116. The smallest absolute Gasteiger partial charge is 0.240 e. The van der Waals surface area contributed by atoms with E-state index in [0.29, 0.717) is 18.7 Å². The molecule has 0 saturated heterocycles. The number of anilines is 1. The molecular weight excluding hydrogens is 409 g/mol. The van der Waals surface area contributed by atoms with Gasteiger partial charge in [0.05, 0.1) is 11.4 Å². The summed E-state index contributed by atoms with van der Waals surface area (Å²) in [6.45, 7) is 2.49. The average Bonchev–Trinajstić information content (AvgIpc) is 3.24. The second-order valence-corrected chi connectivity index (χ2v) is 8.40. The minimum atomic E-state index is -3.67. The van der Waals surface area contributed by atoms with E-state index < -0.39 is 10.0 Å². The van der Waals surface area contributed by atoms with Gasteiger partial charge in [-0.25, -0.2) is 22.5 Å². The highest BCUT2D eigenvalue weighted by atomic mass is 32.2. The van der Waals surface area contributed by atoms with Gasteiger partial charge in [0.2, 0.25) is 15.9 Å². The third-order valence-corrected chi connectivity index (χ3v) is 5.89. The summed E-state index contributed by atoms with van der Waals surface area (Å²) >= 11 is 0. The molecule has 0 saturated carbocycles. The Bertz CT molecular complexity index is 1070. The summed E-state index contributed by atoms with van der Waals surface area (Å²) in [5, 5.41) is 3.96. The molecule has 1 N–H and O–H groups in total. The highest BCUT2D eigenvalue weighted by molar-refractivity contribution is 7.89. The van der Waals surface area contributed by atoms with Crippen LogP contribution in [0.15, 0.2) is 66.1 Å². The number of benzene rings is 2. The number of hydrogen-bond acceptors (Lipinski definition) is 5. The Kier molecular flexibility index (Phi) is 6.91. The lowest BCUT2D eigenvalue weighted by Crippen LogP contribution is -2.28. The number of sulfonamides is 1. The largest absolute Gasteiger partial charge is 0.308 e. The average molecular weight is 431 g/mol. The number of carbonyl (C=O) groups is 1. The van der Waals surface area contributed by atoms with Crippen LogP contribution in [0.1, 0.15) is 18.9 Å². The molecule has 2 aromatic carbocycles. The predicted molar refractivity (Wildman–Crippen MR) is 110 cm³/mol. The fourth-order valence-corrected chi connectivity index (χ4v) is 3.92. The second-order valence-electron chi connectivity index (χ2n) is 6.64. The molecular formula is C20H22FN5O3S. The molecule has 8 nitrogen and oxygen atoms in total. The third kappa shape index (κ3) is 5.71. The number of rotatable bonds is 9. The van der Waals surface area contributed by atoms with Crippen LogP contribution < -0.4 is 9.62 Å². The van der Waals surface area contributed by atoms with Crippen LogP contribution >= 0.6 is 0 Å². The molecule has 0 spiro atoms. The summed E-state index contributed by atoms with van der Waals surface area (Å²) in [6.07, 6.45) is 3.56. The van der Waals surface area contributed by atoms with E-state index in [1.165, 1.54) is 42.4 Å². The number of aromatic nitrogens is 3. The topological polar surface area (TPSA) is 97.2 Å². The van der Waals surface area contributed by atoms with Crippen LogP contribution in [0.3, 0.4) is 0 Å². The molecule has 10 heteroatoms. The number of nitrogens with one attached hydrogen (secondary N) is 1. The molecule has 0 bridgehead atoms. The zero-order valence-electron chi connectivity index (χ0n) is 16.4. The molecule has 3 rings (SSSR count). The van der Waals surface area contributed by atoms with Gasteiger partial charge in [0.15, 0.2) is 0 Å². The first-order valence-corrected chi connectivity index (χ1v) is 10.8. The first-order valence-electron chi connectivity index (χ1n) is 9.30. The fraction of sp³-hybridized carbons (Fsp3) is 0.250. The number of amides is 1. The van der Waals surface area contributed by atoms with E-state index in [1.807, 2.05) is 0 Å². The molecule has 0 aliphatic heterocycles. The van der Waals surface area contributed by atoms with Gasteiger partial charge in [-0.2, -0.15) is 5.10 Å². The van der Waals surface area contributed by atoms with Crippen molar-refractivity contribution >= 4 is 21.6 Å². The summed E-state index contributed by atoms with van der Waals surface area (Å²) in [5.41, 5.74) is 1.31. The van der Waals surface area contributed by atoms with Crippen LogP contribution in [0.5, 0.6) is 0 Å². The molecule has 1 heterocycles. The Morgan fingerprint density at radius 3 is 2.43 bits per heavy atom. The van der Waals surface area contributed by atoms with E-state index >= 15 is 0 Å². The first-order chi connectivity index (χ1) is 14.3. The van der Waals surface area contributed by atoms with E-state index in [2.05, 4.69) is 14.8 Å². The fourth-order valence-electron chi connectivity index (χ4n) is 2.84. The van der Waals surface area contributed by atoms with Crippen molar-refractivity contribution in [3.63, 3.8) is 0 Å². The van der Waals surface area contributed by atoms with E-state index in [-0.39, 0.29) is 29.7 Å². The lowest BCUT2D eigenvalue weighted by Gasteiger charge is -2.21. The molecule has 3 aromatic rings. The summed E-state index contributed by atoms with van der Waals surface area (Å²) in [4.78, 5) is 17.5. The van der Waals surface area contributed by atoms with Crippen molar-refractivity contribution in [2.75, 3.05) is 11.4 Å². The summed E-state index contributed by atoms with van der Waals surface area (Å²) in [6, 6.07) is 11.9. The zero-order valence-corrected chi connectivity index (χ0v) is 17.2. The molecule has 158 valence electrons. The van der Waals surface area contributed by atoms with Gasteiger partial charge in [-0.3, -0.25) is 9.48 Å². The Morgan fingerprint density at radius 1 is 1.13 bits per heavy atom. The molecule has 0 radical (unpaired) electrons. The molecule has 1 aromatic heterocycles. The Morgan fingerprint density at radius 2 is 1.83 bits per heavy atom. The van der Waals surface area contributed by atoms with Crippen LogP contribution in [0.2, 0.25) is 0 Å². The molecule has 0 aliphatic rings. The van der Waals surface area contributed by atoms with Crippen LogP contribution in [-0.2, 0) is 27.9 Å². The maximum atomic E-state index is 13.1. The normalized spacial score (nSPS) is 11.4. The maximum absolute atomic E-state index is 13.1. The molecule has 0 aliphatic carbocycles. The first kappa shape index (κ1) is 21.6. The number of halogens is 1. The predicted octanol–water partition coefficient (Wildman–Crippen LogP) is 2.34. The van der Waals surface area contributed by atoms with Crippen molar-refractivity contribution in [2.24, 2.45) is 0 Å². The number of aryl methyl sites for hydroxylation is 1. The van der Waals surface area contributed by atoms with Crippen molar-refractivity contribution < 1.29 is 17.6 Å². The van der Waals surface area contributed by atoms with Crippen molar-refractivity contribution in [3.8, 4) is 0 Å². The van der Waals surface area contributed by atoms with Gasteiger partial charge < -0.3 is 4.90 Å². The highest BCUT2D eigenvalue weighted by Crippen LogP contribution is 2.20. The van der Waals surface area contributed by atoms with Crippen LogP contribution in [0, 0.1) is 5.82 Å². The van der Waals surface area contributed by atoms with Gasteiger partial charge in [-0.1, -0.05) is 12.1 Å². The minimum absolute atomic E-state index is 0.109. The quantitative estimate of drug-likeness (QED) is 0.525. The number of nitrogens with zero attached hydrogens (tertiary/aromatic N) is 4. The summed E-state index contributed by atoms with van der Waals surface area (Å²) in [5.74, 6) is -0.558. The zero-order chi connectivity index (χ0) is 21.6. The van der Waals surface area contributed by atoms with Gasteiger partial charge >= 0.3 is 0 Å². The van der Waals surface area contributed by atoms with E-state index in [1.54, 1.807) is 35.3 Å². The molecule has 0 unspecified atom stereocenters. The van der Waals surface area contributed by atoms with E-state index in [0.717, 1.165) is 5.56 Å². The van der Waals surface area contributed by atoms with Gasteiger partial charge in [-0.05, 0) is 48.4 Å². The van der Waals surface area contributed by atoms with Crippen LogP contribution in [0.4, 0.5) is 10.1 Å². The van der Waals surface area contributed by atoms with Crippen molar-refractivity contribution in [1.29, 1.82) is 0 Å². The summed E-state index contributed by atoms with van der Waals surface area (Å²) < 4.78 is 42.2. The van der Waals surface area contributed by atoms with E-state index in [9.17, 15) is 17.6 Å². The van der Waals surface area contributed by atoms with Crippen LogP contribution in [-0.4, -0.2) is 35.6 Å². The van der Waals surface area contributed by atoms with Gasteiger partial charge in [-0.15, -0.1) is 0 Å². The van der Waals surface area contributed by atoms with Gasteiger partial charge in [0.1, 0.15) is 18.5 Å². The maximum Gasteiger partial charge on any atom is 0.240 e. The third-order valence-electron chi connectivity index (χ3n) is 4.42. The van der Waals surface area contributed by atoms with Gasteiger partial charge in [0, 0.05) is 25.7 Å². The molecule has 0 fully saturated rings. The Labute approximate surface area is 174 Å². The van der Waals surface area contributed by atoms with Crippen LogP contribution in [0.25, 0.3) is 0 Å². The monoisotopic (exact) mass is 431 g/mol. The van der Waals surface area contributed by atoms with Crippen molar-refractivity contribution in [1.82, 2.24) is 19.5 Å². The Balaban J connectivity index is 1.63. The number of hydrogen-bond donors (Lipinski definition) is 1. The van der Waals surface area contributed by atoms with Crippen molar-refractivity contribution in [3.05, 3.63) is 72.6 Å². The summed E-state index contributed by atoms with van der Waals surface area (Å²) in [7, 11) is -3.67. The SMILES string of the molecule is CC(=O)N(Cc1ccc(F)cc1)c1ccc(S(=O)(=O)NCCCn2cncn2)cc1. The minimum Gasteiger partial charge on any atom is -0.308 e.